The molecule has 36 heavy (non-hydrogen) atoms. The molecule has 3 aromatic heterocycles. The first-order chi connectivity index (χ1) is 17.5. The molecule has 6 rings (SSSR count). The number of nitrogens with zero attached hydrogens (tertiary/aromatic N) is 3. The van der Waals surface area contributed by atoms with E-state index in [1.807, 2.05) is 76.8 Å². The first kappa shape index (κ1) is 21.6. The third-order valence-corrected chi connectivity index (χ3v) is 6.54. The number of aryl methyl sites for hydroxylation is 1. The second-order valence-electron chi connectivity index (χ2n) is 8.71. The summed E-state index contributed by atoms with van der Waals surface area (Å²) in [6.07, 6.45) is 5.66. The molecule has 0 spiro atoms. The van der Waals surface area contributed by atoms with Gasteiger partial charge in [0.15, 0.2) is 0 Å². The van der Waals surface area contributed by atoms with E-state index in [4.69, 9.17) is 0 Å². The average molecular weight is 474 g/mol. The second-order valence-corrected chi connectivity index (χ2v) is 8.71. The van der Waals surface area contributed by atoms with Crippen molar-refractivity contribution in [2.45, 2.75) is 13.5 Å². The number of aromatic nitrogens is 4. The van der Waals surface area contributed by atoms with Gasteiger partial charge in [-0.3, -0.25) is 14.0 Å². The van der Waals surface area contributed by atoms with E-state index >= 15 is 0 Å². The van der Waals surface area contributed by atoms with Crippen LogP contribution in [-0.4, -0.2) is 24.8 Å². The molecule has 0 saturated heterocycles. The molecule has 6 aromatic rings. The monoisotopic (exact) mass is 473 g/mol. The molecule has 7 nitrogen and oxygen atoms in total. The zero-order valence-electron chi connectivity index (χ0n) is 19.7. The van der Waals surface area contributed by atoms with Gasteiger partial charge in [0.25, 0.3) is 11.5 Å². The van der Waals surface area contributed by atoms with Crippen molar-refractivity contribution in [2.24, 2.45) is 0 Å². The summed E-state index contributed by atoms with van der Waals surface area (Å²) in [5.41, 5.74) is 5.80. The Bertz CT molecular complexity index is 1860. The number of rotatable bonds is 5. The van der Waals surface area contributed by atoms with Crippen LogP contribution in [0.4, 0.5) is 0 Å². The lowest BCUT2D eigenvalue weighted by Crippen LogP contribution is -2.22. The second kappa shape index (κ2) is 8.39. The predicted molar refractivity (Wildman–Crippen MR) is 143 cm³/mol. The van der Waals surface area contributed by atoms with Crippen molar-refractivity contribution in [3.8, 4) is 5.69 Å². The molecule has 1 amide bonds. The summed E-state index contributed by atoms with van der Waals surface area (Å²) in [5.74, 6) is -0.112. The molecule has 2 N–H and O–H groups in total. The number of amides is 1. The highest BCUT2D eigenvalue weighted by atomic mass is 16.1. The lowest BCUT2D eigenvalue weighted by Gasteiger charge is -2.13. The van der Waals surface area contributed by atoms with Crippen molar-refractivity contribution in [1.29, 1.82) is 0 Å². The van der Waals surface area contributed by atoms with Crippen molar-refractivity contribution in [1.82, 2.24) is 24.3 Å². The Balaban J connectivity index is 1.48. The largest absolute Gasteiger partial charge is 0.348 e. The zero-order chi connectivity index (χ0) is 24.8. The van der Waals surface area contributed by atoms with E-state index < -0.39 is 0 Å². The lowest BCUT2D eigenvalue weighted by atomic mass is 10.1. The Hall–Kier alpha value is -4.91. The van der Waals surface area contributed by atoms with Crippen LogP contribution >= 0.6 is 0 Å². The van der Waals surface area contributed by atoms with E-state index in [0.717, 1.165) is 38.8 Å². The molecule has 7 heteroatoms. The molecule has 0 unspecified atom stereocenters. The quantitative estimate of drug-likeness (QED) is 0.346. The summed E-state index contributed by atoms with van der Waals surface area (Å²) in [4.78, 5) is 32.9. The topological polar surface area (TPSA) is 84.2 Å². The SMILES string of the molecule is C=Cc1nc2c(=O)[nH]c3c4ccccc4c(-n4ccc(CNC(=O)c5ccccc5)c4)cc3n2c1C. The molecule has 0 aliphatic carbocycles. The number of benzene rings is 3. The molecule has 3 aromatic carbocycles. The van der Waals surface area contributed by atoms with Gasteiger partial charge in [0.1, 0.15) is 0 Å². The highest BCUT2D eigenvalue weighted by Crippen LogP contribution is 2.31. The maximum atomic E-state index is 12.9. The molecular weight excluding hydrogens is 450 g/mol. The fourth-order valence-corrected chi connectivity index (χ4v) is 4.76. The molecule has 0 radical (unpaired) electrons. The third-order valence-electron chi connectivity index (χ3n) is 6.54. The van der Waals surface area contributed by atoms with Crippen LogP contribution < -0.4 is 10.9 Å². The maximum absolute atomic E-state index is 12.9. The number of hydrogen-bond acceptors (Lipinski definition) is 3. The number of hydrogen-bond donors (Lipinski definition) is 2. The number of imidazole rings is 1. The third kappa shape index (κ3) is 3.41. The first-order valence-electron chi connectivity index (χ1n) is 11.6. The number of carbonyl (C=O) groups is 1. The lowest BCUT2D eigenvalue weighted by molar-refractivity contribution is 0.0951. The number of aromatic amines is 1. The van der Waals surface area contributed by atoms with Crippen LogP contribution in [0.15, 0.2) is 90.5 Å². The van der Waals surface area contributed by atoms with Gasteiger partial charge >= 0.3 is 0 Å². The van der Waals surface area contributed by atoms with Crippen LogP contribution in [0.2, 0.25) is 0 Å². The maximum Gasteiger partial charge on any atom is 0.292 e. The molecule has 0 bridgehead atoms. The summed E-state index contributed by atoms with van der Waals surface area (Å²) in [6, 6.07) is 21.2. The smallest absolute Gasteiger partial charge is 0.292 e. The van der Waals surface area contributed by atoms with E-state index in [9.17, 15) is 9.59 Å². The van der Waals surface area contributed by atoms with Gasteiger partial charge in [-0.25, -0.2) is 4.98 Å². The molecule has 0 aliphatic rings. The molecule has 176 valence electrons. The average Bonchev–Trinajstić information content (AvgIpc) is 3.52. The van der Waals surface area contributed by atoms with Crippen molar-refractivity contribution in [3.63, 3.8) is 0 Å². The Morgan fingerprint density at radius 2 is 1.83 bits per heavy atom. The molecule has 3 heterocycles. The summed E-state index contributed by atoms with van der Waals surface area (Å²) in [6.45, 7) is 6.19. The minimum atomic E-state index is -0.242. The minimum Gasteiger partial charge on any atom is -0.348 e. The van der Waals surface area contributed by atoms with Crippen LogP contribution in [0.1, 0.15) is 27.3 Å². The van der Waals surface area contributed by atoms with E-state index in [2.05, 4.69) is 27.9 Å². The first-order valence-corrected chi connectivity index (χ1v) is 11.6. The molecule has 0 atom stereocenters. The summed E-state index contributed by atoms with van der Waals surface area (Å²) < 4.78 is 3.94. The van der Waals surface area contributed by atoms with Gasteiger partial charge in [0.2, 0.25) is 5.65 Å². The van der Waals surface area contributed by atoms with Gasteiger partial charge in [-0.05, 0) is 42.8 Å². The fourth-order valence-electron chi connectivity index (χ4n) is 4.76. The molecule has 0 fully saturated rings. The van der Waals surface area contributed by atoms with E-state index in [1.54, 1.807) is 18.2 Å². The normalized spacial score (nSPS) is 11.4. The number of H-pyrrole nitrogens is 1. The molecular formula is C29H23N5O2. The van der Waals surface area contributed by atoms with Crippen LogP contribution in [0.25, 0.3) is 39.2 Å². The van der Waals surface area contributed by atoms with Gasteiger partial charge in [-0.2, -0.15) is 0 Å². The Kier molecular flexibility index (Phi) is 5.04. The van der Waals surface area contributed by atoms with Gasteiger partial charge in [0.05, 0.1) is 22.4 Å². The highest BCUT2D eigenvalue weighted by molar-refractivity contribution is 6.08. The Morgan fingerprint density at radius 3 is 2.61 bits per heavy atom. The van der Waals surface area contributed by atoms with Gasteiger partial charge < -0.3 is 14.9 Å². The predicted octanol–water partition coefficient (Wildman–Crippen LogP) is 5.00. The summed E-state index contributed by atoms with van der Waals surface area (Å²) >= 11 is 0. The summed E-state index contributed by atoms with van der Waals surface area (Å²) in [7, 11) is 0. The standard InChI is InChI=1S/C29H23N5O2/c1-3-23-18(2)34-25-15-24(21-11-7-8-12-22(21)26(25)32-29(36)27(34)31-23)33-14-13-19(17-33)16-30-28(35)20-9-5-4-6-10-20/h3-15,17H,1,16H2,2H3,(H,30,35)(H,32,36). The number of fused-ring (bicyclic) bond motifs is 5. The van der Waals surface area contributed by atoms with Crippen molar-refractivity contribution < 1.29 is 4.79 Å². The number of carbonyl (C=O) groups excluding carboxylic acids is 1. The minimum absolute atomic E-state index is 0.112. The molecule has 0 saturated carbocycles. The van der Waals surface area contributed by atoms with E-state index in [1.165, 1.54) is 0 Å². The van der Waals surface area contributed by atoms with Gasteiger partial charge in [0, 0.05) is 41.0 Å². The van der Waals surface area contributed by atoms with Gasteiger partial charge in [-0.1, -0.05) is 49.0 Å². The zero-order valence-corrected chi connectivity index (χ0v) is 19.7. The van der Waals surface area contributed by atoms with Crippen LogP contribution in [0, 0.1) is 6.92 Å². The van der Waals surface area contributed by atoms with E-state index in [0.29, 0.717) is 23.4 Å². The molecule has 0 aliphatic heterocycles. The van der Waals surface area contributed by atoms with Gasteiger partial charge in [-0.15, -0.1) is 0 Å². The van der Waals surface area contributed by atoms with Crippen LogP contribution in [-0.2, 0) is 6.54 Å². The highest BCUT2D eigenvalue weighted by Gasteiger charge is 2.17. The van der Waals surface area contributed by atoms with E-state index in [-0.39, 0.29) is 11.5 Å². The van der Waals surface area contributed by atoms with Crippen LogP contribution in [0.3, 0.4) is 0 Å². The van der Waals surface area contributed by atoms with Crippen molar-refractivity contribution >= 4 is 39.4 Å². The number of nitrogens with one attached hydrogen (secondary N) is 2. The Morgan fingerprint density at radius 1 is 1.08 bits per heavy atom. The van der Waals surface area contributed by atoms with Crippen LogP contribution in [0.5, 0.6) is 0 Å². The summed E-state index contributed by atoms with van der Waals surface area (Å²) in [5, 5.41) is 4.91. The van der Waals surface area contributed by atoms with Crippen molar-refractivity contribution in [2.75, 3.05) is 0 Å². The van der Waals surface area contributed by atoms with Crippen molar-refractivity contribution in [3.05, 3.63) is 119 Å². The Labute approximate surface area is 206 Å². The fraction of sp³-hybridized carbons (Fsp3) is 0.0690.